The second kappa shape index (κ2) is 7.52. The van der Waals surface area contributed by atoms with Crippen molar-refractivity contribution in [2.75, 3.05) is 13.1 Å². The number of pyridine rings is 1. The third kappa shape index (κ3) is 3.32. The van der Waals surface area contributed by atoms with Gasteiger partial charge in [-0.05, 0) is 58.7 Å². The summed E-state index contributed by atoms with van der Waals surface area (Å²) in [4.78, 5) is 17.1. The summed E-state index contributed by atoms with van der Waals surface area (Å²) in [5, 5.41) is 19.1. The average molecular weight is 397 g/mol. The third-order valence-electron chi connectivity index (χ3n) is 5.88. The summed E-state index contributed by atoms with van der Waals surface area (Å²) in [6, 6.07) is 20.1. The number of amides is 1. The number of aliphatic hydroxyl groups excluding tert-OH is 1. The van der Waals surface area contributed by atoms with Crippen molar-refractivity contribution in [2.24, 2.45) is 0 Å². The Labute approximate surface area is 174 Å². The van der Waals surface area contributed by atoms with Gasteiger partial charge >= 0.3 is 0 Å². The summed E-state index contributed by atoms with van der Waals surface area (Å²) < 4.78 is 0. The van der Waals surface area contributed by atoms with Crippen molar-refractivity contribution in [3.05, 3.63) is 78.0 Å². The number of aliphatic hydroxyl groups is 1. The van der Waals surface area contributed by atoms with E-state index in [2.05, 4.69) is 58.9 Å². The van der Waals surface area contributed by atoms with Gasteiger partial charge in [0.1, 0.15) is 0 Å². The fourth-order valence-corrected chi connectivity index (χ4v) is 4.18. The zero-order chi connectivity index (χ0) is 20.7. The van der Waals surface area contributed by atoms with E-state index in [1.807, 2.05) is 30.5 Å². The maximum atomic E-state index is 12.6. The van der Waals surface area contributed by atoms with E-state index in [1.165, 1.54) is 0 Å². The molecule has 0 spiro atoms. The molecule has 0 radical (unpaired) electrons. The Morgan fingerprint density at radius 1 is 1.07 bits per heavy atom. The molecule has 0 unspecified atom stereocenters. The van der Waals surface area contributed by atoms with E-state index in [0.717, 1.165) is 38.4 Å². The van der Waals surface area contributed by atoms with E-state index < -0.39 is 6.10 Å². The molecule has 3 N–H and O–H groups in total. The molecule has 1 aromatic heterocycles. The van der Waals surface area contributed by atoms with Crippen molar-refractivity contribution in [3.63, 3.8) is 0 Å². The number of nitrogens with zero attached hydrogens (tertiary/aromatic N) is 1. The van der Waals surface area contributed by atoms with Crippen LogP contribution in [0.5, 0.6) is 0 Å². The number of aryl methyl sites for hydroxylation is 1. The zero-order valence-corrected chi connectivity index (χ0v) is 16.7. The molecule has 1 amide bonds. The van der Waals surface area contributed by atoms with E-state index in [0.29, 0.717) is 18.7 Å². The fraction of sp³-hybridized carbons (Fsp3) is 0.200. The molecule has 5 heteroatoms. The van der Waals surface area contributed by atoms with Crippen LogP contribution in [0, 0.1) is 6.92 Å². The third-order valence-corrected chi connectivity index (χ3v) is 5.88. The summed E-state index contributed by atoms with van der Waals surface area (Å²) in [6.45, 7) is 3.17. The van der Waals surface area contributed by atoms with Gasteiger partial charge in [-0.2, -0.15) is 0 Å². The number of carbonyl (C=O) groups is 1. The van der Waals surface area contributed by atoms with Crippen LogP contribution in [0.4, 0.5) is 0 Å². The van der Waals surface area contributed by atoms with Crippen LogP contribution in [0.25, 0.3) is 32.8 Å². The molecule has 0 saturated carbocycles. The number of β-amino-alcohol motifs (C(OH)–C–C–N with tert-alkyl or cyclic N) is 1. The van der Waals surface area contributed by atoms with Gasteiger partial charge < -0.3 is 15.7 Å². The van der Waals surface area contributed by atoms with Crippen LogP contribution >= 0.6 is 0 Å². The Morgan fingerprint density at radius 3 is 2.73 bits per heavy atom. The Hall–Kier alpha value is -3.28. The van der Waals surface area contributed by atoms with Crippen molar-refractivity contribution >= 4 is 27.6 Å². The summed E-state index contributed by atoms with van der Waals surface area (Å²) in [5.74, 6) is -0.163. The molecule has 4 aromatic rings. The smallest absolute Gasteiger partial charge is 0.251 e. The number of fused-ring (bicyclic) bond motifs is 2. The standard InChI is InChI=1S/C25H23N3O2/c1-15-4-9-20(21-3-2-10-27-24(15)21)18-7-5-17-12-19(8-6-16(17)11-18)25(30)28-22-13-26-14-23(22)29/h2-12,22-23,26,29H,13-14H2,1H3,(H,28,30)/t22-,23-/m1/s1. The van der Waals surface area contributed by atoms with E-state index >= 15 is 0 Å². The maximum Gasteiger partial charge on any atom is 0.251 e. The fourth-order valence-electron chi connectivity index (χ4n) is 4.18. The molecule has 1 aliphatic rings. The van der Waals surface area contributed by atoms with Crippen LogP contribution < -0.4 is 10.6 Å². The first-order valence-electron chi connectivity index (χ1n) is 10.2. The quantitative estimate of drug-likeness (QED) is 0.495. The molecule has 30 heavy (non-hydrogen) atoms. The van der Waals surface area contributed by atoms with Crippen LogP contribution in [0.15, 0.2) is 66.9 Å². The molecule has 3 aromatic carbocycles. The molecule has 5 nitrogen and oxygen atoms in total. The summed E-state index contributed by atoms with van der Waals surface area (Å²) in [6.07, 6.45) is 1.28. The highest BCUT2D eigenvalue weighted by atomic mass is 16.3. The number of aromatic nitrogens is 1. The maximum absolute atomic E-state index is 12.6. The topological polar surface area (TPSA) is 74.2 Å². The zero-order valence-electron chi connectivity index (χ0n) is 16.7. The highest BCUT2D eigenvalue weighted by Crippen LogP contribution is 2.31. The van der Waals surface area contributed by atoms with Crippen molar-refractivity contribution in [2.45, 2.75) is 19.1 Å². The van der Waals surface area contributed by atoms with Gasteiger partial charge in [0.15, 0.2) is 0 Å². The number of hydrogen-bond donors (Lipinski definition) is 3. The molecule has 0 aliphatic carbocycles. The largest absolute Gasteiger partial charge is 0.390 e. The molecule has 2 atom stereocenters. The molecule has 1 fully saturated rings. The lowest BCUT2D eigenvalue weighted by Gasteiger charge is -2.15. The van der Waals surface area contributed by atoms with Crippen molar-refractivity contribution in [1.29, 1.82) is 0 Å². The number of rotatable bonds is 3. The summed E-state index contributed by atoms with van der Waals surface area (Å²) in [5.41, 5.74) is 5.05. The second-order valence-corrected chi connectivity index (χ2v) is 7.91. The highest BCUT2D eigenvalue weighted by molar-refractivity contribution is 6.01. The normalized spacial score (nSPS) is 18.7. The van der Waals surface area contributed by atoms with Gasteiger partial charge in [-0.3, -0.25) is 9.78 Å². The van der Waals surface area contributed by atoms with Crippen LogP contribution in [0.3, 0.4) is 0 Å². The van der Waals surface area contributed by atoms with Gasteiger partial charge in [0, 0.05) is 30.2 Å². The van der Waals surface area contributed by atoms with Gasteiger partial charge in [0.2, 0.25) is 0 Å². The first kappa shape index (κ1) is 18.7. The van der Waals surface area contributed by atoms with E-state index in [9.17, 15) is 9.90 Å². The van der Waals surface area contributed by atoms with E-state index in [-0.39, 0.29) is 11.9 Å². The molecule has 5 rings (SSSR count). The van der Waals surface area contributed by atoms with Crippen LogP contribution in [0.1, 0.15) is 15.9 Å². The first-order valence-corrected chi connectivity index (χ1v) is 10.2. The van der Waals surface area contributed by atoms with E-state index in [1.54, 1.807) is 0 Å². The predicted molar refractivity (Wildman–Crippen MR) is 120 cm³/mol. The Balaban J connectivity index is 1.48. The molecule has 0 bridgehead atoms. The SMILES string of the molecule is Cc1ccc(-c2ccc3cc(C(=O)N[C@@H]4CNC[C@H]4O)ccc3c2)c2cccnc12. The Kier molecular flexibility index (Phi) is 4.69. The molecule has 150 valence electrons. The number of nitrogens with one attached hydrogen (secondary N) is 2. The van der Waals surface area contributed by atoms with Gasteiger partial charge in [-0.25, -0.2) is 0 Å². The first-order chi connectivity index (χ1) is 14.6. The highest BCUT2D eigenvalue weighted by Gasteiger charge is 2.26. The number of carbonyl (C=O) groups excluding carboxylic acids is 1. The number of benzene rings is 3. The second-order valence-electron chi connectivity index (χ2n) is 7.91. The van der Waals surface area contributed by atoms with Gasteiger partial charge in [0.05, 0.1) is 17.7 Å². The minimum absolute atomic E-state index is 0.163. The molecular formula is C25H23N3O2. The van der Waals surface area contributed by atoms with Crippen molar-refractivity contribution < 1.29 is 9.90 Å². The van der Waals surface area contributed by atoms with Gasteiger partial charge in [-0.15, -0.1) is 0 Å². The van der Waals surface area contributed by atoms with Gasteiger partial charge in [-0.1, -0.05) is 36.4 Å². The lowest BCUT2D eigenvalue weighted by molar-refractivity contribution is 0.0889. The average Bonchev–Trinajstić information content (AvgIpc) is 3.18. The minimum Gasteiger partial charge on any atom is -0.390 e. The van der Waals surface area contributed by atoms with Gasteiger partial charge in [0.25, 0.3) is 5.91 Å². The predicted octanol–water partition coefficient (Wildman–Crippen LogP) is 3.43. The molecule has 2 heterocycles. The minimum atomic E-state index is -0.546. The monoisotopic (exact) mass is 397 g/mol. The van der Waals surface area contributed by atoms with Crippen LogP contribution in [-0.4, -0.2) is 41.2 Å². The summed E-state index contributed by atoms with van der Waals surface area (Å²) >= 11 is 0. The van der Waals surface area contributed by atoms with Crippen LogP contribution in [-0.2, 0) is 0 Å². The lowest BCUT2D eigenvalue weighted by Crippen LogP contribution is -2.42. The Bertz CT molecular complexity index is 1270. The molecular weight excluding hydrogens is 374 g/mol. The summed E-state index contributed by atoms with van der Waals surface area (Å²) in [7, 11) is 0. The lowest BCUT2D eigenvalue weighted by atomic mass is 9.95. The van der Waals surface area contributed by atoms with Crippen molar-refractivity contribution in [1.82, 2.24) is 15.6 Å². The molecule has 1 aliphatic heterocycles. The van der Waals surface area contributed by atoms with Crippen LogP contribution in [0.2, 0.25) is 0 Å². The number of hydrogen-bond acceptors (Lipinski definition) is 4. The van der Waals surface area contributed by atoms with Crippen molar-refractivity contribution in [3.8, 4) is 11.1 Å². The van der Waals surface area contributed by atoms with E-state index in [4.69, 9.17) is 0 Å². The Morgan fingerprint density at radius 2 is 1.90 bits per heavy atom. The molecule has 1 saturated heterocycles.